The third kappa shape index (κ3) is 3.66. The van der Waals surface area contributed by atoms with E-state index < -0.39 is 0 Å². The molecule has 92 valence electrons. The zero-order valence-electron chi connectivity index (χ0n) is 10.1. The molecule has 0 heterocycles. The van der Waals surface area contributed by atoms with Crippen molar-refractivity contribution in [3.63, 3.8) is 0 Å². The molecule has 17 heavy (non-hydrogen) atoms. The number of hydrogen-bond acceptors (Lipinski definition) is 3. The molecule has 4 nitrogen and oxygen atoms in total. The Hall–Kier alpha value is -1.71. The fourth-order valence-corrected chi connectivity index (χ4v) is 1.61. The van der Waals surface area contributed by atoms with E-state index in [2.05, 4.69) is 0 Å². The number of nitrogen functional groups attached to an aromatic ring is 1. The van der Waals surface area contributed by atoms with E-state index in [0.717, 1.165) is 6.54 Å². The maximum Gasteiger partial charge on any atom is 0.260 e. The van der Waals surface area contributed by atoms with Crippen molar-refractivity contribution in [1.29, 1.82) is 0 Å². The first kappa shape index (κ1) is 11.8. The second kappa shape index (κ2) is 5.08. The van der Waals surface area contributed by atoms with Gasteiger partial charge < -0.3 is 15.4 Å². The van der Waals surface area contributed by atoms with Crippen molar-refractivity contribution in [2.45, 2.75) is 12.8 Å². The Morgan fingerprint density at radius 2 is 2.06 bits per heavy atom. The summed E-state index contributed by atoms with van der Waals surface area (Å²) in [4.78, 5) is 13.5. The number of nitrogens with zero attached hydrogens (tertiary/aromatic N) is 1. The molecule has 0 spiro atoms. The van der Waals surface area contributed by atoms with Crippen LogP contribution in [0.1, 0.15) is 12.8 Å². The van der Waals surface area contributed by atoms with E-state index in [0.29, 0.717) is 17.4 Å². The summed E-state index contributed by atoms with van der Waals surface area (Å²) in [5.74, 6) is 1.40. The summed E-state index contributed by atoms with van der Waals surface area (Å²) in [6, 6.07) is 7.05. The van der Waals surface area contributed by atoms with Crippen LogP contribution < -0.4 is 10.5 Å². The van der Waals surface area contributed by atoms with Gasteiger partial charge in [0.2, 0.25) is 0 Å². The smallest absolute Gasteiger partial charge is 0.260 e. The Balaban J connectivity index is 1.76. The molecule has 1 amide bonds. The molecule has 0 atom stereocenters. The molecule has 1 saturated carbocycles. The Morgan fingerprint density at radius 1 is 1.41 bits per heavy atom. The van der Waals surface area contributed by atoms with Crippen molar-refractivity contribution in [2.24, 2.45) is 5.92 Å². The van der Waals surface area contributed by atoms with E-state index in [9.17, 15) is 4.79 Å². The molecule has 2 rings (SSSR count). The van der Waals surface area contributed by atoms with Gasteiger partial charge in [0, 0.05) is 19.3 Å². The number of nitrogens with two attached hydrogens (primary N) is 1. The van der Waals surface area contributed by atoms with Crippen molar-refractivity contribution >= 4 is 11.6 Å². The van der Waals surface area contributed by atoms with Crippen molar-refractivity contribution in [3.05, 3.63) is 24.3 Å². The number of carbonyl (C=O) groups is 1. The van der Waals surface area contributed by atoms with Crippen LogP contribution in [0.3, 0.4) is 0 Å². The van der Waals surface area contributed by atoms with E-state index in [1.54, 1.807) is 29.2 Å². The Bertz CT molecular complexity index is 385. The predicted octanol–water partition coefficient (Wildman–Crippen LogP) is 1.52. The fraction of sp³-hybridized carbons (Fsp3) is 0.462. The largest absolute Gasteiger partial charge is 0.484 e. The Morgan fingerprint density at radius 3 is 2.65 bits per heavy atom. The molecule has 0 radical (unpaired) electrons. The first-order valence-electron chi connectivity index (χ1n) is 5.87. The molecule has 1 aliphatic rings. The number of ether oxygens (including phenoxy) is 1. The number of anilines is 1. The van der Waals surface area contributed by atoms with Gasteiger partial charge in [-0.2, -0.15) is 0 Å². The van der Waals surface area contributed by atoms with E-state index in [1.807, 2.05) is 7.05 Å². The number of likely N-dealkylation sites (N-methyl/N-ethyl adjacent to an activating group) is 1. The van der Waals surface area contributed by atoms with Crippen LogP contribution in [0.4, 0.5) is 5.69 Å². The van der Waals surface area contributed by atoms with Crippen LogP contribution in [0.5, 0.6) is 5.75 Å². The standard InChI is InChI=1S/C13H18N2O2/c1-15(8-10-2-3-10)13(16)9-17-12-6-4-11(14)5-7-12/h4-7,10H,2-3,8-9,14H2,1H3. The number of rotatable bonds is 5. The lowest BCUT2D eigenvalue weighted by Crippen LogP contribution is -2.32. The lowest BCUT2D eigenvalue weighted by Gasteiger charge is -2.16. The molecule has 1 aromatic carbocycles. The summed E-state index contributed by atoms with van der Waals surface area (Å²) >= 11 is 0. The maximum atomic E-state index is 11.7. The number of carbonyl (C=O) groups excluding carboxylic acids is 1. The van der Waals surface area contributed by atoms with Gasteiger partial charge in [-0.15, -0.1) is 0 Å². The van der Waals surface area contributed by atoms with Gasteiger partial charge >= 0.3 is 0 Å². The first-order valence-corrected chi connectivity index (χ1v) is 5.87. The van der Waals surface area contributed by atoms with Crippen LogP contribution in [0.15, 0.2) is 24.3 Å². The van der Waals surface area contributed by atoms with Crippen molar-refractivity contribution < 1.29 is 9.53 Å². The van der Waals surface area contributed by atoms with Crippen LogP contribution in [0, 0.1) is 5.92 Å². The Kier molecular flexibility index (Phi) is 3.52. The normalized spacial score (nSPS) is 14.4. The van der Waals surface area contributed by atoms with Crippen molar-refractivity contribution in [1.82, 2.24) is 4.90 Å². The third-order valence-electron chi connectivity index (χ3n) is 2.90. The number of hydrogen-bond donors (Lipinski definition) is 1. The van der Waals surface area contributed by atoms with Gasteiger partial charge in [0.15, 0.2) is 6.61 Å². The number of amides is 1. The quantitative estimate of drug-likeness (QED) is 0.786. The molecule has 2 N–H and O–H groups in total. The summed E-state index contributed by atoms with van der Waals surface area (Å²) < 4.78 is 5.40. The molecule has 1 fully saturated rings. The second-order valence-corrected chi connectivity index (χ2v) is 4.58. The molecule has 0 aliphatic heterocycles. The minimum absolute atomic E-state index is 0.0220. The molecule has 4 heteroatoms. The highest BCUT2D eigenvalue weighted by Crippen LogP contribution is 2.29. The van der Waals surface area contributed by atoms with Gasteiger partial charge in [0.05, 0.1) is 0 Å². The summed E-state index contributed by atoms with van der Waals surface area (Å²) in [6.07, 6.45) is 2.49. The van der Waals surface area contributed by atoms with Gasteiger partial charge in [-0.1, -0.05) is 0 Å². The molecule has 1 aliphatic carbocycles. The van der Waals surface area contributed by atoms with Crippen LogP contribution in [0.2, 0.25) is 0 Å². The summed E-state index contributed by atoms with van der Waals surface area (Å²) in [6.45, 7) is 0.942. The third-order valence-corrected chi connectivity index (χ3v) is 2.90. The van der Waals surface area contributed by atoms with Crippen molar-refractivity contribution in [2.75, 3.05) is 25.9 Å². The SMILES string of the molecule is CN(CC1CC1)C(=O)COc1ccc(N)cc1. The van der Waals surface area contributed by atoms with Crippen LogP contribution >= 0.6 is 0 Å². The highest BCUT2D eigenvalue weighted by Gasteiger charge is 2.24. The van der Waals surface area contributed by atoms with E-state index in [4.69, 9.17) is 10.5 Å². The summed E-state index contributed by atoms with van der Waals surface area (Å²) in [5.41, 5.74) is 6.25. The average molecular weight is 234 g/mol. The monoisotopic (exact) mass is 234 g/mol. The van der Waals surface area contributed by atoms with E-state index in [1.165, 1.54) is 12.8 Å². The van der Waals surface area contributed by atoms with Gasteiger partial charge in [0.25, 0.3) is 5.91 Å². The lowest BCUT2D eigenvalue weighted by molar-refractivity contribution is -0.132. The molecular weight excluding hydrogens is 216 g/mol. The molecular formula is C13H18N2O2. The van der Waals surface area contributed by atoms with Gasteiger partial charge in [-0.05, 0) is 43.0 Å². The van der Waals surface area contributed by atoms with Gasteiger partial charge in [-0.3, -0.25) is 4.79 Å². The highest BCUT2D eigenvalue weighted by molar-refractivity contribution is 5.77. The molecule has 1 aromatic rings. The maximum absolute atomic E-state index is 11.7. The molecule has 0 bridgehead atoms. The van der Waals surface area contributed by atoms with E-state index in [-0.39, 0.29) is 12.5 Å². The minimum Gasteiger partial charge on any atom is -0.484 e. The molecule has 0 saturated heterocycles. The zero-order chi connectivity index (χ0) is 12.3. The Labute approximate surface area is 101 Å². The van der Waals surface area contributed by atoms with Crippen LogP contribution in [-0.4, -0.2) is 31.0 Å². The second-order valence-electron chi connectivity index (χ2n) is 4.58. The topological polar surface area (TPSA) is 55.6 Å². The van der Waals surface area contributed by atoms with Crippen LogP contribution in [-0.2, 0) is 4.79 Å². The molecule has 0 aromatic heterocycles. The first-order chi connectivity index (χ1) is 8.15. The minimum atomic E-state index is 0.0220. The van der Waals surface area contributed by atoms with Crippen LogP contribution in [0.25, 0.3) is 0 Å². The van der Waals surface area contributed by atoms with Gasteiger partial charge in [-0.25, -0.2) is 0 Å². The predicted molar refractivity (Wildman–Crippen MR) is 66.7 cm³/mol. The number of benzene rings is 1. The molecule has 0 unspecified atom stereocenters. The highest BCUT2D eigenvalue weighted by atomic mass is 16.5. The van der Waals surface area contributed by atoms with Gasteiger partial charge in [0.1, 0.15) is 5.75 Å². The summed E-state index contributed by atoms with van der Waals surface area (Å²) in [5, 5.41) is 0. The van der Waals surface area contributed by atoms with E-state index >= 15 is 0 Å². The average Bonchev–Trinajstić information content (AvgIpc) is 3.11. The van der Waals surface area contributed by atoms with Crippen molar-refractivity contribution in [3.8, 4) is 5.75 Å². The zero-order valence-corrected chi connectivity index (χ0v) is 10.1. The lowest BCUT2D eigenvalue weighted by atomic mass is 10.3. The summed E-state index contributed by atoms with van der Waals surface area (Å²) in [7, 11) is 1.83. The fourth-order valence-electron chi connectivity index (χ4n) is 1.61.